The Bertz CT molecular complexity index is 596. The molecule has 5 nitrogen and oxygen atoms in total. The molecule has 0 unspecified atom stereocenters. The zero-order chi connectivity index (χ0) is 16.9. The lowest BCUT2D eigenvalue weighted by Gasteiger charge is -2.16. The summed E-state index contributed by atoms with van der Waals surface area (Å²) in [4.78, 5) is 23.7. The first-order chi connectivity index (χ1) is 10.1. The van der Waals surface area contributed by atoms with Crippen molar-refractivity contribution in [1.82, 2.24) is 4.90 Å². The quantitative estimate of drug-likeness (QED) is 0.525. The number of methoxy groups -OCH3 is 1. The first kappa shape index (κ1) is 17.5. The molecule has 0 aliphatic carbocycles. The van der Waals surface area contributed by atoms with Crippen LogP contribution in [-0.4, -0.2) is 36.0 Å². The van der Waals surface area contributed by atoms with Crippen LogP contribution in [0.3, 0.4) is 0 Å². The number of hydrogen-bond acceptors (Lipinski definition) is 4. The molecule has 1 amide bonds. The van der Waals surface area contributed by atoms with Crippen molar-refractivity contribution in [2.24, 2.45) is 0 Å². The number of likely N-dealkylation sites (N-methyl/N-ethyl adjacent to an activating group) is 1. The first-order valence-electron chi connectivity index (χ1n) is 6.05. The highest BCUT2D eigenvalue weighted by atomic mass is 19.4. The fourth-order valence-corrected chi connectivity index (χ4v) is 1.59. The van der Waals surface area contributed by atoms with E-state index in [1.807, 2.05) is 0 Å². The maximum Gasteiger partial charge on any atom is 0.416 e. The lowest BCUT2D eigenvalue weighted by molar-refractivity contribution is -0.140. The maximum absolute atomic E-state index is 12.6. The van der Waals surface area contributed by atoms with Gasteiger partial charge in [-0.3, -0.25) is 4.79 Å². The lowest BCUT2D eigenvalue weighted by atomic mass is 10.1. The van der Waals surface area contributed by atoms with Gasteiger partial charge in [-0.2, -0.15) is 13.2 Å². The number of esters is 1. The number of ether oxygens (including phenoxy) is 1. The summed E-state index contributed by atoms with van der Waals surface area (Å²) in [7, 11) is 2.35. The Hall–Kier alpha value is -2.51. The molecule has 0 saturated heterocycles. The van der Waals surface area contributed by atoms with Gasteiger partial charge in [-0.1, -0.05) is 12.1 Å². The number of rotatable bonds is 4. The average molecular weight is 317 g/mol. The fourth-order valence-electron chi connectivity index (χ4n) is 1.59. The molecule has 1 aromatic carbocycles. The van der Waals surface area contributed by atoms with Crippen molar-refractivity contribution in [3.63, 3.8) is 0 Å². The van der Waals surface area contributed by atoms with Gasteiger partial charge >= 0.3 is 12.1 Å². The van der Waals surface area contributed by atoms with Crippen LogP contribution in [0, 0.1) is 0 Å². The Kier molecular flexibility index (Phi) is 5.56. The molecule has 0 fully saturated rings. The summed E-state index contributed by atoms with van der Waals surface area (Å²) in [6.45, 7) is -0.117. The Labute approximate surface area is 124 Å². The van der Waals surface area contributed by atoms with Crippen molar-refractivity contribution in [3.8, 4) is 0 Å². The van der Waals surface area contributed by atoms with Gasteiger partial charge in [-0.25, -0.2) is 4.79 Å². The van der Waals surface area contributed by atoms with E-state index >= 15 is 0 Å². The first-order valence-corrected chi connectivity index (χ1v) is 6.05. The molecule has 0 aliphatic rings. The summed E-state index contributed by atoms with van der Waals surface area (Å²) >= 11 is 0. The summed E-state index contributed by atoms with van der Waals surface area (Å²) in [6, 6.07) is 4.52. The van der Waals surface area contributed by atoms with Gasteiger partial charge in [-0.15, -0.1) is 0 Å². The molecule has 1 N–H and O–H groups in total. The highest BCUT2D eigenvalue weighted by molar-refractivity contribution is 5.96. The molecule has 120 valence electrons. The second kappa shape index (κ2) is 6.97. The van der Waals surface area contributed by atoms with Gasteiger partial charge in [0.2, 0.25) is 5.76 Å². The number of aliphatic hydroxyl groups excluding tert-OH is 1. The number of halogens is 3. The second-order valence-corrected chi connectivity index (χ2v) is 4.41. The predicted octanol–water partition coefficient (Wildman–Crippen LogP) is 2.28. The zero-order valence-corrected chi connectivity index (χ0v) is 11.8. The van der Waals surface area contributed by atoms with Gasteiger partial charge in [0.25, 0.3) is 5.91 Å². The van der Waals surface area contributed by atoms with Crippen LogP contribution in [0.15, 0.2) is 36.1 Å². The van der Waals surface area contributed by atoms with E-state index in [1.54, 1.807) is 0 Å². The van der Waals surface area contributed by atoms with Crippen molar-refractivity contribution >= 4 is 11.9 Å². The van der Waals surface area contributed by atoms with Gasteiger partial charge in [0, 0.05) is 13.6 Å². The molecule has 0 aliphatic heterocycles. The van der Waals surface area contributed by atoms with Crippen LogP contribution in [-0.2, 0) is 27.0 Å². The Balaban J connectivity index is 2.83. The van der Waals surface area contributed by atoms with Gasteiger partial charge < -0.3 is 14.7 Å². The Morgan fingerprint density at radius 2 is 2.00 bits per heavy atom. The van der Waals surface area contributed by atoms with E-state index in [0.29, 0.717) is 6.08 Å². The van der Waals surface area contributed by atoms with Crippen LogP contribution in [0.4, 0.5) is 13.2 Å². The summed E-state index contributed by atoms with van der Waals surface area (Å²) < 4.78 is 42.0. The zero-order valence-electron chi connectivity index (χ0n) is 11.8. The highest BCUT2D eigenvalue weighted by Gasteiger charge is 2.30. The number of amides is 1. The number of nitrogens with zero attached hydrogens (tertiary/aromatic N) is 1. The average Bonchev–Trinajstić information content (AvgIpc) is 2.45. The highest BCUT2D eigenvalue weighted by Crippen LogP contribution is 2.29. The van der Waals surface area contributed by atoms with Crippen LogP contribution in [0.2, 0.25) is 0 Å². The van der Waals surface area contributed by atoms with Crippen molar-refractivity contribution in [1.29, 1.82) is 0 Å². The molecular formula is C14H14F3NO4. The number of carbonyl (C=O) groups excluding carboxylic acids is 2. The third-order valence-electron chi connectivity index (χ3n) is 2.71. The minimum atomic E-state index is -4.47. The molecule has 0 spiro atoms. The molecule has 1 rings (SSSR count). The van der Waals surface area contributed by atoms with Crippen molar-refractivity contribution in [2.45, 2.75) is 12.7 Å². The van der Waals surface area contributed by atoms with Gasteiger partial charge in [0.05, 0.1) is 18.7 Å². The van der Waals surface area contributed by atoms with Gasteiger partial charge in [0.1, 0.15) is 0 Å². The number of carbonyl (C=O) groups is 2. The molecule has 1 aromatic rings. The standard InChI is InChI=1S/C14H14F3NO4/c1-18(12(20)7-11(19)13(21)22-2)8-9-4-3-5-10(6-9)14(15,16)17/h3-7,19H,8H2,1-2H3/b11-7-. The van der Waals surface area contributed by atoms with E-state index in [2.05, 4.69) is 4.74 Å². The largest absolute Gasteiger partial charge is 0.502 e. The Morgan fingerprint density at radius 3 is 2.55 bits per heavy atom. The summed E-state index contributed by atoms with van der Waals surface area (Å²) in [6.07, 6.45) is -3.83. The topological polar surface area (TPSA) is 66.8 Å². The summed E-state index contributed by atoms with van der Waals surface area (Å²) in [5.41, 5.74) is -0.560. The minimum Gasteiger partial charge on any atom is -0.502 e. The van der Waals surface area contributed by atoms with E-state index in [0.717, 1.165) is 24.1 Å². The normalized spacial score (nSPS) is 12.0. The number of benzene rings is 1. The van der Waals surface area contributed by atoms with E-state index in [4.69, 9.17) is 0 Å². The van der Waals surface area contributed by atoms with Crippen LogP contribution >= 0.6 is 0 Å². The van der Waals surface area contributed by atoms with E-state index in [1.165, 1.54) is 19.2 Å². The Morgan fingerprint density at radius 1 is 1.36 bits per heavy atom. The van der Waals surface area contributed by atoms with Crippen molar-refractivity contribution in [2.75, 3.05) is 14.2 Å². The molecule has 0 atom stereocenters. The fraction of sp³-hybridized carbons (Fsp3) is 0.286. The van der Waals surface area contributed by atoms with Crippen LogP contribution < -0.4 is 0 Å². The molecule has 0 aromatic heterocycles. The minimum absolute atomic E-state index is 0.117. The summed E-state index contributed by atoms with van der Waals surface area (Å²) in [5.74, 6) is -2.72. The third-order valence-corrected chi connectivity index (χ3v) is 2.71. The molecule has 0 heterocycles. The van der Waals surface area contributed by atoms with Crippen LogP contribution in [0.25, 0.3) is 0 Å². The van der Waals surface area contributed by atoms with Crippen LogP contribution in [0.1, 0.15) is 11.1 Å². The molecule has 22 heavy (non-hydrogen) atoms. The van der Waals surface area contributed by atoms with E-state index < -0.39 is 29.4 Å². The third kappa shape index (κ3) is 4.80. The molecular weight excluding hydrogens is 303 g/mol. The number of aliphatic hydroxyl groups is 1. The maximum atomic E-state index is 12.6. The van der Waals surface area contributed by atoms with Gasteiger partial charge in [0.15, 0.2) is 0 Å². The number of hydrogen-bond donors (Lipinski definition) is 1. The molecule has 0 bridgehead atoms. The monoisotopic (exact) mass is 317 g/mol. The van der Waals surface area contributed by atoms with Crippen molar-refractivity contribution in [3.05, 3.63) is 47.2 Å². The SMILES string of the molecule is COC(=O)/C(O)=C/C(=O)N(C)Cc1cccc(C(F)(F)F)c1. The lowest BCUT2D eigenvalue weighted by Crippen LogP contribution is -2.25. The van der Waals surface area contributed by atoms with Gasteiger partial charge in [-0.05, 0) is 17.7 Å². The molecule has 0 radical (unpaired) electrons. The van der Waals surface area contributed by atoms with Crippen molar-refractivity contribution < 1.29 is 32.6 Å². The summed E-state index contributed by atoms with van der Waals surface area (Å²) in [5, 5.41) is 9.24. The van der Waals surface area contributed by atoms with E-state index in [9.17, 15) is 27.9 Å². The molecule has 0 saturated carbocycles. The smallest absolute Gasteiger partial charge is 0.416 e. The molecule has 8 heteroatoms. The second-order valence-electron chi connectivity index (χ2n) is 4.41. The van der Waals surface area contributed by atoms with E-state index in [-0.39, 0.29) is 12.1 Å². The number of alkyl halides is 3. The predicted molar refractivity (Wildman–Crippen MR) is 70.6 cm³/mol. The van der Waals surface area contributed by atoms with Crippen LogP contribution in [0.5, 0.6) is 0 Å².